The largest absolute Gasteiger partial charge is 0.374 e. The molecule has 0 atom stereocenters. The zero-order valence-electron chi connectivity index (χ0n) is 9.03. The van der Waals surface area contributed by atoms with Gasteiger partial charge in [0.15, 0.2) is 0 Å². The third-order valence-corrected chi connectivity index (χ3v) is 1.95. The monoisotopic (exact) mass is 230 g/mol. The van der Waals surface area contributed by atoms with Crippen LogP contribution in [0.25, 0.3) is 0 Å². The molecule has 0 unspecified atom stereocenters. The van der Waals surface area contributed by atoms with Gasteiger partial charge in [0.05, 0.1) is 6.61 Å². The first-order valence-electron chi connectivity index (χ1n) is 5.25. The minimum Gasteiger partial charge on any atom is -0.374 e. The molecule has 0 saturated carbocycles. The van der Waals surface area contributed by atoms with Gasteiger partial charge in [0.2, 0.25) is 0 Å². The molecule has 0 aliphatic rings. The minimum absolute atomic E-state index is 0.312. The van der Waals surface area contributed by atoms with E-state index in [0.29, 0.717) is 13.2 Å². The molecular formula is C11H16F2N2O. The maximum atomic E-state index is 11.7. The summed E-state index contributed by atoms with van der Waals surface area (Å²) in [4.78, 5) is 4.17. The Morgan fingerprint density at radius 1 is 1.31 bits per heavy atom. The fraction of sp³-hybridized carbons (Fsp3) is 0.545. The summed E-state index contributed by atoms with van der Waals surface area (Å²) in [6, 6.07) is 5.76. The number of alkyl halides is 2. The fourth-order valence-electron chi connectivity index (χ4n) is 1.20. The summed E-state index contributed by atoms with van der Waals surface area (Å²) in [5, 5.41) is 3.10. The van der Waals surface area contributed by atoms with Crippen molar-refractivity contribution in [1.29, 1.82) is 0 Å². The molecule has 0 aromatic carbocycles. The lowest BCUT2D eigenvalue weighted by molar-refractivity contribution is 0.0188. The molecule has 1 heterocycles. The molecular weight excluding hydrogens is 214 g/mol. The van der Waals surface area contributed by atoms with E-state index in [1.54, 1.807) is 6.20 Å². The van der Waals surface area contributed by atoms with E-state index < -0.39 is 13.0 Å². The van der Waals surface area contributed by atoms with Gasteiger partial charge in [0.25, 0.3) is 6.43 Å². The van der Waals surface area contributed by atoms with Crippen LogP contribution < -0.4 is 5.32 Å². The lowest BCUT2D eigenvalue weighted by atomic mass is 10.3. The lowest BCUT2D eigenvalue weighted by Gasteiger charge is -2.05. The van der Waals surface area contributed by atoms with Gasteiger partial charge in [-0.2, -0.15) is 0 Å². The van der Waals surface area contributed by atoms with Crippen LogP contribution in [-0.4, -0.2) is 37.7 Å². The highest BCUT2D eigenvalue weighted by Gasteiger charge is 2.00. The van der Waals surface area contributed by atoms with Crippen LogP contribution in [0.4, 0.5) is 8.78 Å². The number of rotatable bonds is 8. The third-order valence-electron chi connectivity index (χ3n) is 1.95. The van der Waals surface area contributed by atoms with E-state index in [9.17, 15) is 8.78 Å². The SMILES string of the molecule is FC(F)COCCNCCc1ccccn1. The van der Waals surface area contributed by atoms with Gasteiger partial charge < -0.3 is 10.1 Å². The van der Waals surface area contributed by atoms with Crippen molar-refractivity contribution in [1.82, 2.24) is 10.3 Å². The molecule has 0 fully saturated rings. The van der Waals surface area contributed by atoms with E-state index in [1.807, 2.05) is 18.2 Å². The number of nitrogens with one attached hydrogen (secondary N) is 1. The Hall–Kier alpha value is -1.07. The third kappa shape index (κ3) is 6.42. The first-order valence-corrected chi connectivity index (χ1v) is 5.25. The Morgan fingerprint density at radius 2 is 2.19 bits per heavy atom. The van der Waals surface area contributed by atoms with E-state index in [1.165, 1.54) is 0 Å². The zero-order chi connectivity index (χ0) is 11.6. The smallest absolute Gasteiger partial charge is 0.261 e. The summed E-state index contributed by atoms with van der Waals surface area (Å²) in [7, 11) is 0. The number of nitrogens with zero attached hydrogens (tertiary/aromatic N) is 1. The van der Waals surface area contributed by atoms with Crippen molar-refractivity contribution in [3.63, 3.8) is 0 Å². The van der Waals surface area contributed by atoms with E-state index in [4.69, 9.17) is 4.74 Å². The number of aromatic nitrogens is 1. The van der Waals surface area contributed by atoms with Crippen molar-refractivity contribution >= 4 is 0 Å². The topological polar surface area (TPSA) is 34.1 Å². The van der Waals surface area contributed by atoms with Crippen LogP contribution in [0.15, 0.2) is 24.4 Å². The molecule has 1 aromatic heterocycles. The Labute approximate surface area is 93.8 Å². The van der Waals surface area contributed by atoms with Crippen LogP contribution in [0, 0.1) is 0 Å². The van der Waals surface area contributed by atoms with Crippen LogP contribution >= 0.6 is 0 Å². The van der Waals surface area contributed by atoms with Crippen LogP contribution in [0.3, 0.4) is 0 Å². The molecule has 0 spiro atoms. The van der Waals surface area contributed by atoms with Gasteiger partial charge in [0, 0.05) is 31.4 Å². The predicted octanol–water partition coefficient (Wildman–Crippen LogP) is 1.50. The minimum atomic E-state index is -2.38. The van der Waals surface area contributed by atoms with Gasteiger partial charge in [-0.05, 0) is 12.1 Å². The van der Waals surface area contributed by atoms with Crippen LogP contribution in [0.1, 0.15) is 5.69 Å². The summed E-state index contributed by atoms with van der Waals surface area (Å²) in [6.45, 7) is 1.18. The molecule has 3 nitrogen and oxygen atoms in total. The molecule has 0 saturated heterocycles. The maximum Gasteiger partial charge on any atom is 0.261 e. The van der Waals surface area contributed by atoms with Crippen molar-refractivity contribution in [2.75, 3.05) is 26.3 Å². The number of halogens is 2. The molecule has 0 bridgehead atoms. The normalized spacial score (nSPS) is 10.9. The second-order valence-corrected chi connectivity index (χ2v) is 3.29. The molecule has 0 amide bonds. The molecule has 1 N–H and O–H groups in total. The fourth-order valence-corrected chi connectivity index (χ4v) is 1.20. The molecule has 0 radical (unpaired) electrons. The molecule has 1 rings (SSSR count). The number of ether oxygens (including phenoxy) is 1. The van der Waals surface area contributed by atoms with Gasteiger partial charge >= 0.3 is 0 Å². The summed E-state index contributed by atoms with van der Waals surface area (Å²) in [5.74, 6) is 0. The molecule has 0 aliphatic carbocycles. The summed E-state index contributed by atoms with van der Waals surface area (Å²) < 4.78 is 28.1. The Bertz CT molecular complexity index is 270. The summed E-state index contributed by atoms with van der Waals surface area (Å²) in [5.41, 5.74) is 1.02. The molecule has 0 aliphatic heterocycles. The van der Waals surface area contributed by atoms with Gasteiger partial charge in [-0.1, -0.05) is 6.07 Å². The standard InChI is InChI=1S/C11H16F2N2O/c12-11(13)9-16-8-7-14-6-4-10-3-1-2-5-15-10/h1-3,5,11,14H,4,6-9H2. The zero-order valence-corrected chi connectivity index (χ0v) is 9.03. The maximum absolute atomic E-state index is 11.7. The Kier molecular flexibility index (Phi) is 6.60. The van der Waals surface area contributed by atoms with Gasteiger partial charge in [-0.15, -0.1) is 0 Å². The first-order chi connectivity index (χ1) is 7.79. The molecule has 5 heteroatoms. The summed E-state index contributed by atoms with van der Waals surface area (Å²) >= 11 is 0. The van der Waals surface area contributed by atoms with Crippen LogP contribution in [0.2, 0.25) is 0 Å². The Balaban J connectivity index is 1.93. The Morgan fingerprint density at radius 3 is 2.88 bits per heavy atom. The van der Waals surface area contributed by atoms with Crippen molar-refractivity contribution in [3.05, 3.63) is 30.1 Å². The van der Waals surface area contributed by atoms with Crippen LogP contribution in [-0.2, 0) is 11.2 Å². The van der Waals surface area contributed by atoms with Crippen LogP contribution in [0.5, 0.6) is 0 Å². The average Bonchev–Trinajstić information content (AvgIpc) is 2.29. The van der Waals surface area contributed by atoms with E-state index in [-0.39, 0.29) is 0 Å². The highest BCUT2D eigenvalue weighted by molar-refractivity contribution is 5.03. The average molecular weight is 230 g/mol. The quantitative estimate of drug-likeness (QED) is 0.687. The van der Waals surface area contributed by atoms with Crippen molar-refractivity contribution in [2.24, 2.45) is 0 Å². The second-order valence-electron chi connectivity index (χ2n) is 3.29. The molecule has 90 valence electrons. The highest BCUT2D eigenvalue weighted by Crippen LogP contribution is 1.93. The lowest BCUT2D eigenvalue weighted by Crippen LogP contribution is -2.23. The van der Waals surface area contributed by atoms with E-state index in [2.05, 4.69) is 10.3 Å². The molecule has 16 heavy (non-hydrogen) atoms. The second kappa shape index (κ2) is 8.13. The summed E-state index contributed by atoms with van der Waals surface area (Å²) in [6.07, 6.45) is 0.199. The van der Waals surface area contributed by atoms with E-state index >= 15 is 0 Å². The number of pyridine rings is 1. The van der Waals surface area contributed by atoms with Gasteiger partial charge in [-0.25, -0.2) is 8.78 Å². The first kappa shape index (κ1) is 13.0. The van der Waals surface area contributed by atoms with Crippen molar-refractivity contribution < 1.29 is 13.5 Å². The predicted molar refractivity (Wildman–Crippen MR) is 57.6 cm³/mol. The highest BCUT2D eigenvalue weighted by atomic mass is 19.3. The van der Waals surface area contributed by atoms with E-state index in [0.717, 1.165) is 18.7 Å². The van der Waals surface area contributed by atoms with Gasteiger partial charge in [-0.3, -0.25) is 4.98 Å². The number of hydrogen-bond acceptors (Lipinski definition) is 3. The number of hydrogen-bond donors (Lipinski definition) is 1. The van der Waals surface area contributed by atoms with Crippen molar-refractivity contribution in [3.8, 4) is 0 Å². The molecule has 1 aromatic rings. The van der Waals surface area contributed by atoms with Crippen molar-refractivity contribution in [2.45, 2.75) is 12.8 Å². The van der Waals surface area contributed by atoms with Gasteiger partial charge in [0.1, 0.15) is 6.61 Å².